The van der Waals surface area contributed by atoms with E-state index in [1.807, 2.05) is 12.2 Å². The van der Waals surface area contributed by atoms with Gasteiger partial charge in [0, 0.05) is 6.42 Å². The van der Waals surface area contributed by atoms with Crippen LogP contribution in [-0.2, 0) is 9.59 Å². The van der Waals surface area contributed by atoms with Crippen molar-refractivity contribution < 1.29 is 14.7 Å². The van der Waals surface area contributed by atoms with E-state index in [1.165, 1.54) is 0 Å². The van der Waals surface area contributed by atoms with Gasteiger partial charge in [-0.1, -0.05) is 43.3 Å². The van der Waals surface area contributed by atoms with Gasteiger partial charge in [0.25, 0.3) is 0 Å². The van der Waals surface area contributed by atoms with Crippen molar-refractivity contribution in [1.82, 2.24) is 5.32 Å². The van der Waals surface area contributed by atoms with Gasteiger partial charge in [-0.2, -0.15) is 0 Å². The van der Waals surface area contributed by atoms with Crippen molar-refractivity contribution in [1.29, 1.82) is 0 Å². The molecule has 1 unspecified atom stereocenters. The van der Waals surface area contributed by atoms with E-state index in [0.29, 0.717) is 19.3 Å². The van der Waals surface area contributed by atoms with Crippen LogP contribution in [0.2, 0.25) is 0 Å². The Labute approximate surface area is 125 Å². The van der Waals surface area contributed by atoms with Gasteiger partial charge in [0.2, 0.25) is 5.91 Å². The van der Waals surface area contributed by atoms with Crippen molar-refractivity contribution in [2.75, 3.05) is 0 Å². The van der Waals surface area contributed by atoms with Gasteiger partial charge in [0.15, 0.2) is 0 Å². The molecule has 0 spiro atoms. The summed E-state index contributed by atoms with van der Waals surface area (Å²) in [7, 11) is 0. The molecular weight excluding hydrogens is 266 g/mol. The lowest BCUT2D eigenvalue weighted by Crippen LogP contribution is -2.56. The molecule has 0 aromatic heterocycles. The number of carbonyl (C=O) groups excluding carboxylic acids is 1. The Morgan fingerprint density at radius 1 is 1.33 bits per heavy atom. The molecule has 0 aromatic rings. The Balaban J connectivity index is 2.09. The summed E-state index contributed by atoms with van der Waals surface area (Å²) in [6, 6.07) is 0. The lowest BCUT2D eigenvalue weighted by molar-refractivity contribution is -0.149. The molecule has 2 N–H and O–H groups in total. The number of aliphatic carboxylic acids is 1. The first kappa shape index (κ1) is 15.4. The Bertz CT molecular complexity index is 542. The number of rotatable bonds is 4. The minimum Gasteiger partial charge on any atom is -0.480 e. The van der Waals surface area contributed by atoms with Crippen molar-refractivity contribution in [3.8, 4) is 11.8 Å². The highest BCUT2D eigenvalue weighted by Gasteiger charge is 2.41. The number of hydrogen-bond acceptors (Lipinski definition) is 2. The second-order valence-electron chi connectivity index (χ2n) is 5.76. The number of allylic oxidation sites excluding steroid dienone is 3. The topological polar surface area (TPSA) is 66.4 Å². The third kappa shape index (κ3) is 3.55. The highest BCUT2D eigenvalue weighted by atomic mass is 16.4. The third-order valence-electron chi connectivity index (χ3n) is 4.31. The predicted octanol–water partition coefficient (Wildman–Crippen LogP) is 2.42. The number of nitrogens with one attached hydrogen (secondary N) is 1. The lowest BCUT2D eigenvalue weighted by Gasteiger charge is -2.35. The van der Waals surface area contributed by atoms with Crippen molar-refractivity contribution >= 4 is 11.9 Å². The average Bonchev–Trinajstić information content (AvgIpc) is 2.76. The number of amides is 1. The van der Waals surface area contributed by atoms with E-state index in [9.17, 15) is 14.7 Å². The van der Waals surface area contributed by atoms with Crippen LogP contribution in [0, 0.1) is 17.8 Å². The van der Waals surface area contributed by atoms with Crippen LogP contribution in [0.5, 0.6) is 0 Å². The molecule has 0 saturated heterocycles. The molecule has 1 amide bonds. The SMILES string of the molecule is CC(C(=O)NC1(C(=O)O)CCCCC1)C1=CC=CC#CC1. The molecule has 2 rings (SSSR count). The van der Waals surface area contributed by atoms with Crippen LogP contribution < -0.4 is 5.32 Å². The van der Waals surface area contributed by atoms with Crippen LogP contribution in [0.1, 0.15) is 45.4 Å². The molecular formula is C17H21NO3. The van der Waals surface area contributed by atoms with E-state index in [4.69, 9.17) is 0 Å². The summed E-state index contributed by atoms with van der Waals surface area (Å²) in [5, 5.41) is 12.3. The molecule has 2 aliphatic carbocycles. The molecule has 4 heteroatoms. The van der Waals surface area contributed by atoms with E-state index in [-0.39, 0.29) is 11.8 Å². The maximum absolute atomic E-state index is 12.4. The van der Waals surface area contributed by atoms with Crippen molar-refractivity contribution in [3.05, 3.63) is 23.8 Å². The van der Waals surface area contributed by atoms with Gasteiger partial charge in [-0.15, -0.1) is 0 Å². The molecule has 1 atom stereocenters. The first-order valence-electron chi connectivity index (χ1n) is 7.44. The fraction of sp³-hybridized carbons (Fsp3) is 0.529. The van der Waals surface area contributed by atoms with Gasteiger partial charge in [-0.05, 0) is 31.4 Å². The maximum atomic E-state index is 12.4. The zero-order valence-electron chi connectivity index (χ0n) is 12.3. The summed E-state index contributed by atoms with van der Waals surface area (Å²) in [6.45, 7) is 1.81. The zero-order chi connectivity index (χ0) is 15.3. The molecule has 0 aromatic carbocycles. The molecule has 1 fully saturated rings. The van der Waals surface area contributed by atoms with E-state index in [1.54, 1.807) is 13.0 Å². The first-order chi connectivity index (χ1) is 10.1. The van der Waals surface area contributed by atoms with Crippen molar-refractivity contribution in [3.63, 3.8) is 0 Å². The Kier molecular flexibility index (Phi) is 4.85. The minimum absolute atomic E-state index is 0.220. The molecule has 1 saturated carbocycles. The number of carboxylic acid groups (broad SMARTS) is 1. The number of carboxylic acids is 1. The molecule has 2 aliphatic rings. The Morgan fingerprint density at radius 3 is 2.71 bits per heavy atom. The van der Waals surface area contributed by atoms with Gasteiger partial charge in [0.05, 0.1) is 5.92 Å². The summed E-state index contributed by atoms with van der Waals surface area (Å²) < 4.78 is 0. The number of carbonyl (C=O) groups is 2. The Hall–Kier alpha value is -2.02. The fourth-order valence-corrected chi connectivity index (χ4v) is 2.85. The molecule has 21 heavy (non-hydrogen) atoms. The summed E-state index contributed by atoms with van der Waals surface area (Å²) in [6.07, 6.45) is 9.75. The average molecular weight is 287 g/mol. The van der Waals surface area contributed by atoms with Crippen molar-refractivity contribution in [2.45, 2.75) is 51.0 Å². The standard InChI is InChI=1S/C17H21NO3/c1-13(14-9-5-2-3-6-10-14)15(19)18-17(16(20)21)11-7-4-8-12-17/h2,5,9,13H,4,7-8,10-12H2,1H3,(H,18,19)(H,20,21). The second-order valence-corrected chi connectivity index (χ2v) is 5.76. The summed E-state index contributed by atoms with van der Waals surface area (Å²) in [5.41, 5.74) is -0.166. The molecule has 0 aliphatic heterocycles. The zero-order valence-corrected chi connectivity index (χ0v) is 12.3. The predicted molar refractivity (Wildman–Crippen MR) is 80.4 cm³/mol. The van der Waals surface area contributed by atoms with Gasteiger partial charge in [0.1, 0.15) is 5.54 Å². The monoisotopic (exact) mass is 287 g/mol. The third-order valence-corrected chi connectivity index (χ3v) is 4.31. The molecule has 0 radical (unpaired) electrons. The maximum Gasteiger partial charge on any atom is 0.329 e. The summed E-state index contributed by atoms with van der Waals surface area (Å²) in [4.78, 5) is 24.0. The van der Waals surface area contributed by atoms with Crippen molar-refractivity contribution in [2.24, 2.45) is 5.92 Å². The van der Waals surface area contributed by atoms with Gasteiger partial charge < -0.3 is 10.4 Å². The Morgan fingerprint density at radius 2 is 2.05 bits per heavy atom. The normalized spacial score (nSPS) is 21.3. The summed E-state index contributed by atoms with van der Waals surface area (Å²) in [5.74, 6) is 4.34. The van der Waals surface area contributed by atoms with Crippen LogP contribution in [0.25, 0.3) is 0 Å². The quantitative estimate of drug-likeness (QED) is 0.780. The highest BCUT2D eigenvalue weighted by Crippen LogP contribution is 2.29. The van der Waals surface area contributed by atoms with Crippen LogP contribution in [-0.4, -0.2) is 22.5 Å². The van der Waals surface area contributed by atoms with Crippen LogP contribution in [0.3, 0.4) is 0 Å². The van der Waals surface area contributed by atoms with E-state index in [2.05, 4.69) is 17.2 Å². The molecule has 112 valence electrons. The molecule has 0 heterocycles. The highest BCUT2D eigenvalue weighted by molar-refractivity contribution is 5.89. The number of hydrogen-bond donors (Lipinski definition) is 2. The van der Waals surface area contributed by atoms with Crippen LogP contribution in [0.15, 0.2) is 23.8 Å². The smallest absolute Gasteiger partial charge is 0.329 e. The van der Waals surface area contributed by atoms with E-state index in [0.717, 1.165) is 24.8 Å². The van der Waals surface area contributed by atoms with Gasteiger partial charge in [-0.25, -0.2) is 4.79 Å². The summed E-state index contributed by atoms with van der Waals surface area (Å²) >= 11 is 0. The van der Waals surface area contributed by atoms with Gasteiger partial charge >= 0.3 is 5.97 Å². The minimum atomic E-state index is -1.09. The molecule has 4 nitrogen and oxygen atoms in total. The first-order valence-corrected chi connectivity index (χ1v) is 7.44. The second kappa shape index (κ2) is 6.62. The van der Waals surface area contributed by atoms with E-state index >= 15 is 0 Å². The van der Waals surface area contributed by atoms with E-state index < -0.39 is 11.5 Å². The fourth-order valence-electron chi connectivity index (χ4n) is 2.85. The van der Waals surface area contributed by atoms with Crippen LogP contribution >= 0.6 is 0 Å². The molecule has 0 bridgehead atoms. The lowest BCUT2D eigenvalue weighted by atomic mass is 9.81. The van der Waals surface area contributed by atoms with Crippen LogP contribution in [0.4, 0.5) is 0 Å². The van der Waals surface area contributed by atoms with Gasteiger partial charge in [-0.3, -0.25) is 4.79 Å². The largest absolute Gasteiger partial charge is 0.480 e.